The zero-order chi connectivity index (χ0) is 16.9. The topological polar surface area (TPSA) is 74.4 Å². The van der Waals surface area contributed by atoms with E-state index in [0.717, 1.165) is 37.5 Å². The third-order valence-corrected chi connectivity index (χ3v) is 4.23. The molecule has 1 aromatic carbocycles. The average Bonchev–Trinajstić information content (AvgIpc) is 3.11. The Kier molecular flexibility index (Phi) is 4.98. The highest BCUT2D eigenvalue weighted by Crippen LogP contribution is 2.26. The van der Waals surface area contributed by atoms with Gasteiger partial charge in [-0.3, -0.25) is 9.89 Å². The molecule has 24 heavy (non-hydrogen) atoms. The number of carbonyl (C=O) groups excluding carboxylic acids is 1. The highest BCUT2D eigenvalue weighted by molar-refractivity contribution is 5.77. The smallest absolute Gasteiger partial charge is 0.260 e. The molecule has 7 nitrogen and oxygen atoms in total. The largest absolute Gasteiger partial charge is 0.484 e. The molecule has 1 aliphatic rings. The first-order valence-corrected chi connectivity index (χ1v) is 8.18. The Balaban J connectivity index is 1.48. The molecule has 0 atom stereocenters. The molecule has 7 heteroatoms. The molecular weight excluding hydrogens is 306 g/mol. The molecular formula is C17H23N5O2. The fourth-order valence-electron chi connectivity index (χ4n) is 2.80. The molecule has 1 N–H and O–H groups in total. The summed E-state index contributed by atoms with van der Waals surface area (Å²) in [4.78, 5) is 20.5. The summed E-state index contributed by atoms with van der Waals surface area (Å²) < 4.78 is 5.54. The zero-order valence-corrected chi connectivity index (χ0v) is 14.1. The van der Waals surface area contributed by atoms with Crippen LogP contribution in [0.3, 0.4) is 0 Å². The maximum atomic E-state index is 12.3. The molecule has 1 aromatic heterocycles. The molecule has 0 unspecified atom stereocenters. The molecule has 2 aromatic rings. The lowest BCUT2D eigenvalue weighted by molar-refractivity contribution is -0.134. The van der Waals surface area contributed by atoms with Gasteiger partial charge in [-0.05, 0) is 25.0 Å². The van der Waals surface area contributed by atoms with E-state index in [1.54, 1.807) is 0 Å². The molecule has 0 bridgehead atoms. The fourth-order valence-corrected chi connectivity index (χ4v) is 2.80. The van der Waals surface area contributed by atoms with Crippen molar-refractivity contribution in [3.63, 3.8) is 0 Å². The van der Waals surface area contributed by atoms with E-state index in [4.69, 9.17) is 4.74 Å². The van der Waals surface area contributed by atoms with Crippen molar-refractivity contribution in [2.75, 3.05) is 38.7 Å². The van der Waals surface area contributed by atoms with Crippen LogP contribution in [0.2, 0.25) is 0 Å². The van der Waals surface area contributed by atoms with E-state index >= 15 is 0 Å². The van der Waals surface area contributed by atoms with Gasteiger partial charge in [0.15, 0.2) is 6.61 Å². The van der Waals surface area contributed by atoms with Crippen LogP contribution in [0.25, 0.3) is 0 Å². The van der Waals surface area contributed by atoms with Crippen LogP contribution in [0, 0.1) is 0 Å². The number of anilines is 1. The molecule has 128 valence electrons. The third kappa shape index (κ3) is 3.84. The second-order valence-corrected chi connectivity index (χ2v) is 6.17. The van der Waals surface area contributed by atoms with Crippen LogP contribution in [-0.4, -0.2) is 59.8 Å². The van der Waals surface area contributed by atoms with Crippen LogP contribution in [0.15, 0.2) is 30.3 Å². The number of hydrogen-bond acceptors (Lipinski definition) is 5. The molecule has 0 aliphatic carbocycles. The Hall–Kier alpha value is -2.57. The van der Waals surface area contributed by atoms with Gasteiger partial charge in [0.1, 0.15) is 11.6 Å². The highest BCUT2D eigenvalue weighted by Gasteiger charge is 2.26. The second-order valence-electron chi connectivity index (χ2n) is 6.17. The number of benzene rings is 1. The van der Waals surface area contributed by atoms with Crippen molar-refractivity contribution >= 4 is 11.9 Å². The van der Waals surface area contributed by atoms with Crippen LogP contribution >= 0.6 is 0 Å². The molecule has 0 spiro atoms. The fraction of sp³-hybridized carbons (Fsp3) is 0.471. The summed E-state index contributed by atoms with van der Waals surface area (Å²) in [7, 11) is 3.84. The van der Waals surface area contributed by atoms with Crippen molar-refractivity contribution in [2.45, 2.75) is 18.8 Å². The summed E-state index contributed by atoms with van der Waals surface area (Å²) in [5, 5.41) is 7.21. The summed E-state index contributed by atoms with van der Waals surface area (Å²) in [5.74, 6) is 2.68. The number of para-hydroxylation sites is 1. The maximum Gasteiger partial charge on any atom is 0.260 e. The Morgan fingerprint density at radius 2 is 2.00 bits per heavy atom. The quantitative estimate of drug-likeness (QED) is 0.903. The van der Waals surface area contributed by atoms with Gasteiger partial charge in [0, 0.05) is 33.1 Å². The minimum atomic E-state index is 0.0313. The summed E-state index contributed by atoms with van der Waals surface area (Å²) >= 11 is 0. The molecule has 1 fully saturated rings. The monoisotopic (exact) mass is 329 g/mol. The summed E-state index contributed by atoms with van der Waals surface area (Å²) in [6.45, 7) is 1.53. The van der Waals surface area contributed by atoms with E-state index < -0.39 is 0 Å². The molecule has 1 aliphatic heterocycles. The van der Waals surface area contributed by atoms with Crippen LogP contribution < -0.4 is 9.64 Å². The number of nitrogens with zero attached hydrogens (tertiary/aromatic N) is 4. The van der Waals surface area contributed by atoms with Crippen LogP contribution in [0.1, 0.15) is 24.6 Å². The number of ether oxygens (including phenoxy) is 1. The highest BCUT2D eigenvalue weighted by atomic mass is 16.5. The van der Waals surface area contributed by atoms with Crippen LogP contribution in [0.5, 0.6) is 5.75 Å². The normalized spacial score (nSPS) is 15.3. The number of amides is 1. The average molecular weight is 329 g/mol. The van der Waals surface area contributed by atoms with Gasteiger partial charge in [-0.25, -0.2) is 0 Å². The van der Waals surface area contributed by atoms with E-state index in [2.05, 4.69) is 15.2 Å². The van der Waals surface area contributed by atoms with E-state index in [0.29, 0.717) is 11.9 Å². The summed E-state index contributed by atoms with van der Waals surface area (Å²) in [6.07, 6.45) is 1.78. The Morgan fingerprint density at radius 3 is 2.62 bits per heavy atom. The van der Waals surface area contributed by atoms with Crippen molar-refractivity contribution in [3.8, 4) is 5.75 Å². The first kappa shape index (κ1) is 16.3. The van der Waals surface area contributed by atoms with E-state index in [-0.39, 0.29) is 12.5 Å². The number of H-pyrrole nitrogens is 1. The predicted molar refractivity (Wildman–Crippen MR) is 91.2 cm³/mol. The number of hydrogen-bond donors (Lipinski definition) is 1. The standard InChI is InChI=1S/C17H23N5O2/c1-21(2)17-18-16(19-20-17)13-8-10-22(11-9-13)15(23)12-24-14-6-4-3-5-7-14/h3-7,13H,8-12H2,1-2H3,(H,18,19,20). The number of nitrogens with one attached hydrogen (secondary N) is 1. The molecule has 1 saturated heterocycles. The summed E-state index contributed by atoms with van der Waals surface area (Å²) in [6, 6.07) is 9.41. The molecule has 1 amide bonds. The van der Waals surface area contributed by atoms with Gasteiger partial charge in [0.05, 0.1) is 0 Å². The third-order valence-electron chi connectivity index (χ3n) is 4.23. The zero-order valence-electron chi connectivity index (χ0n) is 14.1. The van der Waals surface area contributed by atoms with Gasteiger partial charge in [-0.1, -0.05) is 18.2 Å². The maximum absolute atomic E-state index is 12.3. The van der Waals surface area contributed by atoms with Crippen LogP contribution in [0.4, 0.5) is 5.95 Å². The van der Waals surface area contributed by atoms with Crippen molar-refractivity contribution in [1.29, 1.82) is 0 Å². The van der Waals surface area contributed by atoms with Gasteiger partial charge in [-0.15, -0.1) is 5.10 Å². The number of aromatic nitrogens is 3. The second kappa shape index (κ2) is 7.33. The lowest BCUT2D eigenvalue weighted by Gasteiger charge is -2.30. The first-order chi connectivity index (χ1) is 11.6. The van der Waals surface area contributed by atoms with Crippen molar-refractivity contribution in [2.24, 2.45) is 0 Å². The SMILES string of the molecule is CN(C)c1n[nH]c(C2CCN(C(=O)COc3ccccc3)CC2)n1. The number of aromatic amines is 1. The van der Waals surface area contributed by atoms with Crippen LogP contribution in [-0.2, 0) is 4.79 Å². The molecule has 0 saturated carbocycles. The van der Waals surface area contributed by atoms with E-state index in [9.17, 15) is 4.79 Å². The van der Waals surface area contributed by atoms with Crippen molar-refractivity contribution in [1.82, 2.24) is 20.1 Å². The summed E-state index contributed by atoms with van der Waals surface area (Å²) in [5.41, 5.74) is 0. The van der Waals surface area contributed by atoms with E-state index in [1.807, 2.05) is 54.2 Å². The molecule has 3 rings (SSSR count). The minimum absolute atomic E-state index is 0.0313. The predicted octanol–water partition coefficient (Wildman–Crippen LogP) is 1.66. The minimum Gasteiger partial charge on any atom is -0.484 e. The number of rotatable bonds is 5. The molecule has 0 radical (unpaired) electrons. The lowest BCUT2D eigenvalue weighted by Crippen LogP contribution is -2.40. The molecule has 2 heterocycles. The Labute approximate surface area is 141 Å². The van der Waals surface area contributed by atoms with Gasteiger partial charge < -0.3 is 14.5 Å². The number of carbonyl (C=O) groups is 1. The Bertz CT molecular complexity index is 663. The first-order valence-electron chi connectivity index (χ1n) is 8.18. The van der Waals surface area contributed by atoms with Crippen molar-refractivity contribution < 1.29 is 9.53 Å². The van der Waals surface area contributed by atoms with Crippen molar-refractivity contribution in [3.05, 3.63) is 36.2 Å². The van der Waals surface area contributed by atoms with Gasteiger partial charge in [0.25, 0.3) is 5.91 Å². The van der Waals surface area contributed by atoms with Gasteiger partial charge in [0.2, 0.25) is 5.95 Å². The van der Waals surface area contributed by atoms with E-state index in [1.165, 1.54) is 0 Å². The Morgan fingerprint density at radius 1 is 1.29 bits per heavy atom. The number of piperidine rings is 1. The number of likely N-dealkylation sites (tertiary alicyclic amines) is 1. The van der Waals surface area contributed by atoms with Gasteiger partial charge >= 0.3 is 0 Å². The lowest BCUT2D eigenvalue weighted by atomic mass is 9.96. The van der Waals surface area contributed by atoms with Gasteiger partial charge in [-0.2, -0.15) is 4.98 Å².